The van der Waals surface area contributed by atoms with Crippen molar-refractivity contribution in [2.45, 2.75) is 25.4 Å². The van der Waals surface area contributed by atoms with Gasteiger partial charge in [-0.25, -0.2) is 0 Å². The van der Waals surface area contributed by atoms with Crippen molar-refractivity contribution in [1.82, 2.24) is 0 Å². The standard InChI is InChI=1S/C12H12O2/c1-8-6-9-2-3-10(7-11(9)14-8)12(13)4-5-12/h2-3,6-7,13H,4-5H2,1H3. The third-order valence-corrected chi connectivity index (χ3v) is 2.90. The van der Waals surface area contributed by atoms with Crippen LogP contribution >= 0.6 is 0 Å². The molecule has 1 N–H and O–H groups in total. The summed E-state index contributed by atoms with van der Waals surface area (Å²) in [4.78, 5) is 0. The van der Waals surface area contributed by atoms with Crippen molar-refractivity contribution in [3.63, 3.8) is 0 Å². The van der Waals surface area contributed by atoms with Gasteiger partial charge in [0.15, 0.2) is 0 Å². The Labute approximate surface area is 82.2 Å². The fraction of sp³-hybridized carbons (Fsp3) is 0.333. The number of benzene rings is 1. The lowest BCUT2D eigenvalue weighted by atomic mass is 10.1. The molecule has 1 aromatic carbocycles. The van der Waals surface area contributed by atoms with Gasteiger partial charge < -0.3 is 9.52 Å². The molecule has 1 saturated carbocycles. The van der Waals surface area contributed by atoms with Gasteiger partial charge in [0.1, 0.15) is 11.3 Å². The van der Waals surface area contributed by atoms with Gasteiger partial charge in [-0.2, -0.15) is 0 Å². The summed E-state index contributed by atoms with van der Waals surface area (Å²) >= 11 is 0. The zero-order valence-corrected chi connectivity index (χ0v) is 8.08. The lowest BCUT2D eigenvalue weighted by Crippen LogP contribution is -2.02. The molecule has 0 unspecified atom stereocenters. The maximum atomic E-state index is 9.92. The molecule has 1 fully saturated rings. The Kier molecular flexibility index (Phi) is 1.38. The highest BCUT2D eigenvalue weighted by atomic mass is 16.3. The second-order valence-electron chi connectivity index (χ2n) is 4.14. The number of hydrogen-bond donors (Lipinski definition) is 1. The molecule has 1 aliphatic carbocycles. The second-order valence-corrected chi connectivity index (χ2v) is 4.14. The van der Waals surface area contributed by atoms with Crippen molar-refractivity contribution in [3.05, 3.63) is 35.6 Å². The molecule has 2 aromatic rings. The monoisotopic (exact) mass is 188 g/mol. The average molecular weight is 188 g/mol. The van der Waals surface area contributed by atoms with Crippen LogP contribution in [0.2, 0.25) is 0 Å². The molecule has 0 amide bonds. The Bertz CT molecular complexity index is 492. The molecule has 1 aromatic heterocycles. The molecule has 72 valence electrons. The van der Waals surface area contributed by atoms with Crippen LogP contribution in [0.3, 0.4) is 0 Å². The molecule has 2 heteroatoms. The van der Waals surface area contributed by atoms with Gasteiger partial charge in [-0.1, -0.05) is 12.1 Å². The first-order valence-corrected chi connectivity index (χ1v) is 4.90. The molecule has 0 atom stereocenters. The predicted molar refractivity (Wildman–Crippen MR) is 54.1 cm³/mol. The molecule has 1 aliphatic rings. The smallest absolute Gasteiger partial charge is 0.134 e. The second kappa shape index (κ2) is 2.39. The minimum atomic E-state index is -0.561. The van der Waals surface area contributed by atoms with Crippen molar-refractivity contribution >= 4 is 11.0 Å². The first kappa shape index (κ1) is 8.06. The van der Waals surface area contributed by atoms with Gasteiger partial charge in [0, 0.05) is 5.39 Å². The van der Waals surface area contributed by atoms with E-state index in [2.05, 4.69) is 0 Å². The summed E-state index contributed by atoms with van der Waals surface area (Å²) in [5.74, 6) is 0.917. The van der Waals surface area contributed by atoms with Crippen molar-refractivity contribution in [3.8, 4) is 0 Å². The van der Waals surface area contributed by atoms with Crippen LogP contribution in [0.15, 0.2) is 28.7 Å². The first-order valence-electron chi connectivity index (χ1n) is 4.90. The van der Waals surface area contributed by atoms with Crippen molar-refractivity contribution in [1.29, 1.82) is 0 Å². The fourth-order valence-corrected chi connectivity index (χ4v) is 1.86. The maximum absolute atomic E-state index is 9.92. The van der Waals surface area contributed by atoms with E-state index in [-0.39, 0.29) is 0 Å². The molecule has 0 spiro atoms. The average Bonchev–Trinajstić information content (AvgIpc) is 2.79. The van der Waals surface area contributed by atoms with Gasteiger partial charge in [-0.15, -0.1) is 0 Å². The van der Waals surface area contributed by atoms with Crippen molar-refractivity contribution in [2.75, 3.05) is 0 Å². The molecule has 0 aliphatic heterocycles. The van der Waals surface area contributed by atoms with E-state index in [0.29, 0.717) is 0 Å². The van der Waals surface area contributed by atoms with Gasteiger partial charge in [-0.3, -0.25) is 0 Å². The molecular formula is C12H12O2. The zero-order valence-electron chi connectivity index (χ0n) is 8.08. The predicted octanol–water partition coefficient (Wildman–Crippen LogP) is 2.72. The number of hydrogen-bond acceptors (Lipinski definition) is 2. The van der Waals surface area contributed by atoms with Crippen LogP contribution in [-0.4, -0.2) is 5.11 Å². The normalized spacial score (nSPS) is 18.7. The molecular weight excluding hydrogens is 176 g/mol. The Morgan fingerprint density at radius 2 is 2.07 bits per heavy atom. The highest BCUT2D eigenvalue weighted by Crippen LogP contribution is 2.45. The summed E-state index contributed by atoms with van der Waals surface area (Å²) in [5, 5.41) is 11.0. The quantitative estimate of drug-likeness (QED) is 0.746. The van der Waals surface area contributed by atoms with E-state index in [9.17, 15) is 5.11 Å². The highest BCUT2D eigenvalue weighted by Gasteiger charge is 2.42. The zero-order chi connectivity index (χ0) is 9.76. The van der Waals surface area contributed by atoms with Crippen LogP contribution in [0.5, 0.6) is 0 Å². The molecule has 2 nitrogen and oxygen atoms in total. The minimum Gasteiger partial charge on any atom is -0.461 e. The van der Waals surface area contributed by atoms with Crippen LogP contribution < -0.4 is 0 Å². The van der Waals surface area contributed by atoms with Crippen molar-refractivity contribution in [2.24, 2.45) is 0 Å². The Balaban J connectivity index is 2.19. The summed E-state index contributed by atoms with van der Waals surface area (Å²) < 4.78 is 5.52. The largest absolute Gasteiger partial charge is 0.461 e. The lowest BCUT2D eigenvalue weighted by molar-refractivity contribution is 0.151. The lowest BCUT2D eigenvalue weighted by Gasteiger charge is -2.06. The minimum absolute atomic E-state index is 0.561. The first-order chi connectivity index (χ1) is 6.67. The van der Waals surface area contributed by atoms with E-state index < -0.39 is 5.60 Å². The third kappa shape index (κ3) is 1.07. The molecule has 1 heterocycles. The van der Waals surface area contributed by atoms with Crippen LogP contribution in [0.4, 0.5) is 0 Å². The molecule has 0 saturated heterocycles. The van der Waals surface area contributed by atoms with E-state index in [1.807, 2.05) is 31.2 Å². The number of furan rings is 1. The van der Waals surface area contributed by atoms with Gasteiger partial charge in [0.2, 0.25) is 0 Å². The number of fused-ring (bicyclic) bond motifs is 1. The maximum Gasteiger partial charge on any atom is 0.134 e. The van der Waals surface area contributed by atoms with Gasteiger partial charge in [0.05, 0.1) is 5.60 Å². The van der Waals surface area contributed by atoms with Gasteiger partial charge in [-0.05, 0) is 37.5 Å². The number of aliphatic hydroxyl groups is 1. The Morgan fingerprint density at radius 1 is 1.29 bits per heavy atom. The fourth-order valence-electron chi connectivity index (χ4n) is 1.86. The van der Waals surface area contributed by atoms with E-state index in [0.717, 1.165) is 35.1 Å². The van der Waals surface area contributed by atoms with Gasteiger partial charge >= 0.3 is 0 Å². The van der Waals surface area contributed by atoms with Crippen LogP contribution in [-0.2, 0) is 5.60 Å². The molecule has 0 bridgehead atoms. The molecule has 0 radical (unpaired) electrons. The van der Waals surface area contributed by atoms with E-state index in [1.54, 1.807) is 0 Å². The summed E-state index contributed by atoms with van der Waals surface area (Å²) in [6.45, 7) is 1.94. The van der Waals surface area contributed by atoms with E-state index >= 15 is 0 Å². The Hall–Kier alpha value is -1.28. The summed E-state index contributed by atoms with van der Waals surface area (Å²) in [7, 11) is 0. The number of rotatable bonds is 1. The molecule has 3 rings (SSSR count). The highest BCUT2D eigenvalue weighted by molar-refractivity contribution is 5.78. The number of aryl methyl sites for hydroxylation is 1. The van der Waals surface area contributed by atoms with Gasteiger partial charge in [0.25, 0.3) is 0 Å². The summed E-state index contributed by atoms with van der Waals surface area (Å²) in [5.41, 5.74) is 1.30. The van der Waals surface area contributed by atoms with Crippen molar-refractivity contribution < 1.29 is 9.52 Å². The van der Waals surface area contributed by atoms with Crippen LogP contribution in [0.1, 0.15) is 24.2 Å². The topological polar surface area (TPSA) is 33.4 Å². The van der Waals surface area contributed by atoms with Crippen LogP contribution in [0, 0.1) is 6.92 Å². The molecule has 14 heavy (non-hydrogen) atoms. The SMILES string of the molecule is Cc1cc2ccc(C3(O)CC3)cc2o1. The Morgan fingerprint density at radius 3 is 2.79 bits per heavy atom. The third-order valence-electron chi connectivity index (χ3n) is 2.90. The summed E-state index contributed by atoms with van der Waals surface area (Å²) in [6.07, 6.45) is 1.75. The van der Waals surface area contributed by atoms with E-state index in [4.69, 9.17) is 4.42 Å². The summed E-state index contributed by atoms with van der Waals surface area (Å²) in [6, 6.07) is 7.97. The van der Waals surface area contributed by atoms with E-state index in [1.165, 1.54) is 0 Å². The van der Waals surface area contributed by atoms with Crippen LogP contribution in [0.25, 0.3) is 11.0 Å².